The maximum Gasteiger partial charge on any atom is 0.244 e. The van der Waals surface area contributed by atoms with E-state index in [2.05, 4.69) is 21.3 Å². The predicted molar refractivity (Wildman–Crippen MR) is 85.6 cm³/mol. The number of nitrogens with zero attached hydrogens (tertiary/aromatic N) is 2. The van der Waals surface area contributed by atoms with Gasteiger partial charge in [0, 0.05) is 22.8 Å². The molecule has 4 rings (SSSR count). The Hall–Kier alpha value is -3.20. The van der Waals surface area contributed by atoms with Crippen LogP contribution in [0.4, 0.5) is 0 Å². The van der Waals surface area contributed by atoms with Crippen LogP contribution in [-0.2, 0) is 6.42 Å². The second-order valence-electron chi connectivity index (χ2n) is 5.49. The molecule has 0 amide bonds. The Labute approximate surface area is 132 Å². The van der Waals surface area contributed by atoms with Crippen molar-refractivity contribution in [2.45, 2.75) is 19.3 Å². The molecule has 0 aliphatic carbocycles. The van der Waals surface area contributed by atoms with Crippen LogP contribution in [0.3, 0.4) is 0 Å². The molecule has 1 aliphatic heterocycles. The van der Waals surface area contributed by atoms with Gasteiger partial charge in [-0.1, -0.05) is 25.1 Å². The highest BCUT2D eigenvalue weighted by Gasteiger charge is 2.35. The number of nitrogens with one attached hydrogen (secondary N) is 2. The van der Waals surface area contributed by atoms with E-state index >= 15 is 0 Å². The van der Waals surface area contributed by atoms with Gasteiger partial charge in [0.15, 0.2) is 0 Å². The van der Waals surface area contributed by atoms with Crippen molar-refractivity contribution in [1.29, 1.82) is 5.26 Å². The van der Waals surface area contributed by atoms with E-state index in [4.69, 9.17) is 10.5 Å². The molecule has 0 bridgehead atoms. The molecule has 0 spiro atoms. The molecule has 0 saturated heterocycles. The molecule has 3 heterocycles. The molecule has 0 unspecified atom stereocenters. The summed E-state index contributed by atoms with van der Waals surface area (Å²) in [5.41, 5.74) is 10.2. The number of allylic oxidation sites excluding steroid dienone is 1. The van der Waals surface area contributed by atoms with Gasteiger partial charge in [0.1, 0.15) is 11.6 Å². The molecule has 4 N–H and O–H groups in total. The van der Waals surface area contributed by atoms with E-state index in [0.717, 1.165) is 34.1 Å². The Balaban J connectivity index is 2.02. The first-order valence-electron chi connectivity index (χ1n) is 7.45. The lowest BCUT2D eigenvalue weighted by atomic mass is 9.83. The van der Waals surface area contributed by atoms with Gasteiger partial charge in [0.25, 0.3) is 0 Å². The zero-order chi connectivity index (χ0) is 16.0. The molecule has 0 fully saturated rings. The molecule has 0 saturated carbocycles. The van der Waals surface area contributed by atoms with Gasteiger partial charge in [-0.2, -0.15) is 5.26 Å². The number of hydrogen-bond donors (Lipinski definition) is 3. The van der Waals surface area contributed by atoms with Gasteiger partial charge in [-0.15, -0.1) is 5.10 Å². The number of rotatable bonds is 2. The van der Waals surface area contributed by atoms with Gasteiger partial charge < -0.3 is 15.5 Å². The van der Waals surface area contributed by atoms with Crippen molar-refractivity contribution in [3.8, 4) is 11.9 Å². The smallest absolute Gasteiger partial charge is 0.244 e. The summed E-state index contributed by atoms with van der Waals surface area (Å²) in [4.78, 5) is 3.26. The number of aromatic nitrogens is 3. The van der Waals surface area contributed by atoms with Crippen LogP contribution < -0.4 is 10.5 Å². The minimum Gasteiger partial charge on any atom is -0.420 e. The molecule has 114 valence electrons. The van der Waals surface area contributed by atoms with Gasteiger partial charge in [-0.25, -0.2) is 0 Å². The van der Waals surface area contributed by atoms with Crippen LogP contribution in [0.1, 0.15) is 29.7 Å². The van der Waals surface area contributed by atoms with Crippen molar-refractivity contribution in [2.24, 2.45) is 5.73 Å². The van der Waals surface area contributed by atoms with E-state index < -0.39 is 0 Å². The molecule has 6 heteroatoms. The van der Waals surface area contributed by atoms with Gasteiger partial charge in [0.2, 0.25) is 11.8 Å². The quantitative estimate of drug-likeness (QED) is 0.677. The van der Waals surface area contributed by atoms with Gasteiger partial charge in [0.05, 0.1) is 11.5 Å². The summed E-state index contributed by atoms with van der Waals surface area (Å²) in [6, 6.07) is 10.2. The average Bonchev–Trinajstić information content (AvgIpc) is 3.17. The maximum absolute atomic E-state index is 9.62. The number of H-pyrrole nitrogens is 2. The Morgan fingerprint density at radius 2 is 2.22 bits per heavy atom. The SMILES string of the molecule is CCc1[nH]nc2c1[C@@H](c1c[nH]c3ccccc13)C(C#N)=C(N)O2. The molecule has 1 aliphatic rings. The van der Waals surface area contributed by atoms with Crippen molar-refractivity contribution in [2.75, 3.05) is 0 Å². The Bertz CT molecular complexity index is 972. The third kappa shape index (κ3) is 1.83. The molecular weight excluding hydrogens is 290 g/mol. The fraction of sp³-hybridized carbons (Fsp3) is 0.176. The van der Waals surface area contributed by atoms with Crippen LogP contribution in [0.15, 0.2) is 41.9 Å². The number of para-hydroxylation sites is 1. The lowest BCUT2D eigenvalue weighted by molar-refractivity contribution is 0.379. The van der Waals surface area contributed by atoms with Crippen LogP contribution >= 0.6 is 0 Å². The van der Waals surface area contributed by atoms with Gasteiger partial charge in [-0.3, -0.25) is 5.10 Å². The van der Waals surface area contributed by atoms with E-state index in [1.54, 1.807) is 0 Å². The predicted octanol–water partition coefficient (Wildman–Crippen LogP) is 2.67. The largest absolute Gasteiger partial charge is 0.420 e. The highest BCUT2D eigenvalue weighted by molar-refractivity contribution is 5.85. The normalized spacial score (nSPS) is 17.0. The molecule has 3 aromatic rings. The summed E-state index contributed by atoms with van der Waals surface area (Å²) in [5.74, 6) is 0.284. The number of ether oxygens (including phenoxy) is 1. The molecule has 1 atom stereocenters. The number of nitriles is 1. The summed E-state index contributed by atoms with van der Waals surface area (Å²) in [5, 5.41) is 17.9. The summed E-state index contributed by atoms with van der Waals surface area (Å²) in [7, 11) is 0. The minimum atomic E-state index is -0.284. The van der Waals surface area contributed by atoms with Crippen LogP contribution in [0.2, 0.25) is 0 Å². The summed E-state index contributed by atoms with van der Waals surface area (Å²) >= 11 is 0. The van der Waals surface area contributed by atoms with Gasteiger partial charge in [-0.05, 0) is 18.1 Å². The number of aryl methyl sites for hydroxylation is 1. The van der Waals surface area contributed by atoms with Crippen molar-refractivity contribution >= 4 is 10.9 Å². The Morgan fingerprint density at radius 3 is 3.00 bits per heavy atom. The van der Waals surface area contributed by atoms with Crippen molar-refractivity contribution in [3.63, 3.8) is 0 Å². The van der Waals surface area contributed by atoms with E-state index in [0.29, 0.717) is 11.5 Å². The van der Waals surface area contributed by atoms with E-state index in [1.165, 1.54) is 0 Å². The first-order valence-corrected chi connectivity index (χ1v) is 7.45. The highest BCUT2D eigenvalue weighted by atomic mass is 16.5. The number of fused-ring (bicyclic) bond motifs is 2. The maximum atomic E-state index is 9.62. The lowest BCUT2D eigenvalue weighted by Gasteiger charge is -2.23. The number of hydrogen-bond acceptors (Lipinski definition) is 4. The fourth-order valence-corrected chi connectivity index (χ4v) is 3.22. The topological polar surface area (TPSA) is 104 Å². The number of benzene rings is 1. The van der Waals surface area contributed by atoms with Crippen molar-refractivity contribution in [1.82, 2.24) is 15.2 Å². The van der Waals surface area contributed by atoms with Crippen LogP contribution in [0.25, 0.3) is 10.9 Å². The van der Waals surface area contributed by atoms with Crippen molar-refractivity contribution in [3.05, 3.63) is 58.7 Å². The number of nitrogens with two attached hydrogens (primary N) is 1. The molecule has 2 aromatic heterocycles. The van der Waals surface area contributed by atoms with Gasteiger partial charge >= 0.3 is 0 Å². The second-order valence-corrected chi connectivity index (χ2v) is 5.49. The van der Waals surface area contributed by atoms with E-state index in [1.807, 2.05) is 37.4 Å². The second kappa shape index (κ2) is 4.92. The average molecular weight is 305 g/mol. The Morgan fingerprint density at radius 1 is 1.39 bits per heavy atom. The number of aromatic amines is 2. The summed E-state index contributed by atoms with van der Waals surface area (Å²) in [6.07, 6.45) is 2.70. The zero-order valence-corrected chi connectivity index (χ0v) is 12.6. The third-order valence-corrected chi connectivity index (χ3v) is 4.30. The lowest BCUT2D eigenvalue weighted by Crippen LogP contribution is -2.21. The summed E-state index contributed by atoms with van der Waals surface area (Å²) < 4.78 is 5.54. The highest BCUT2D eigenvalue weighted by Crippen LogP contribution is 2.44. The fourth-order valence-electron chi connectivity index (χ4n) is 3.22. The zero-order valence-electron chi connectivity index (χ0n) is 12.6. The third-order valence-electron chi connectivity index (χ3n) is 4.30. The molecule has 1 aromatic carbocycles. The first-order chi connectivity index (χ1) is 11.2. The van der Waals surface area contributed by atoms with Crippen LogP contribution in [0.5, 0.6) is 5.88 Å². The molecule has 6 nitrogen and oxygen atoms in total. The molecular formula is C17H15N5O. The van der Waals surface area contributed by atoms with Crippen molar-refractivity contribution < 1.29 is 4.74 Å². The van der Waals surface area contributed by atoms with E-state index in [-0.39, 0.29) is 11.8 Å². The minimum absolute atomic E-state index is 0.115. The van der Waals surface area contributed by atoms with E-state index in [9.17, 15) is 5.26 Å². The monoisotopic (exact) mass is 305 g/mol. The standard InChI is InChI=1S/C17H15N5O/c1-2-12-15-14(10(7-18)16(19)23-17(15)22-21-12)11-8-20-13-6-4-3-5-9(11)13/h3-6,8,14,20H,2,19H2,1H3,(H,21,22)/t14-/m1/s1. The molecule has 23 heavy (non-hydrogen) atoms. The Kier molecular flexibility index (Phi) is 2.88. The summed E-state index contributed by atoms with van der Waals surface area (Å²) in [6.45, 7) is 2.04. The van der Waals surface area contributed by atoms with Crippen LogP contribution in [-0.4, -0.2) is 15.2 Å². The molecule has 0 radical (unpaired) electrons. The van der Waals surface area contributed by atoms with Crippen LogP contribution in [0, 0.1) is 11.3 Å². The first kappa shape index (κ1) is 13.5.